The Morgan fingerprint density at radius 1 is 0.500 bits per heavy atom. The van der Waals surface area contributed by atoms with Gasteiger partial charge in [-0.2, -0.15) is 0 Å². The standard InChI is InChI=1S/C28H37P.BrH/c1-3-4-5-6-7-8-18-25-29(2,26-19-12-9-13-20-26,27-21-14-10-15-22-27)28-23-16-11-17-24-28;/h9-17,19-24H,3-8,18,25H2,1-2H3;1H. The molecule has 0 unspecified atom stereocenters. The van der Waals surface area contributed by atoms with Crippen molar-refractivity contribution in [3.63, 3.8) is 0 Å². The van der Waals surface area contributed by atoms with E-state index < -0.39 is 6.60 Å². The summed E-state index contributed by atoms with van der Waals surface area (Å²) in [6.45, 7) is 2.38. The van der Waals surface area contributed by atoms with Crippen molar-refractivity contribution in [2.45, 2.75) is 51.9 Å². The van der Waals surface area contributed by atoms with Crippen LogP contribution >= 0.6 is 23.6 Å². The molecule has 3 aromatic carbocycles. The van der Waals surface area contributed by atoms with Gasteiger partial charge in [0.05, 0.1) is 0 Å². The predicted octanol–water partition coefficient (Wildman–Crippen LogP) is 7.47. The van der Waals surface area contributed by atoms with E-state index in [-0.39, 0.29) is 17.0 Å². The van der Waals surface area contributed by atoms with Gasteiger partial charge in [0.1, 0.15) is 0 Å². The van der Waals surface area contributed by atoms with E-state index in [4.69, 9.17) is 0 Å². The molecule has 3 aromatic rings. The molecule has 0 bridgehead atoms. The zero-order valence-electron chi connectivity index (χ0n) is 18.7. The van der Waals surface area contributed by atoms with Gasteiger partial charge in [0.25, 0.3) is 0 Å². The number of unbranched alkanes of at least 4 members (excludes halogenated alkanes) is 6. The van der Waals surface area contributed by atoms with Gasteiger partial charge in [0.2, 0.25) is 0 Å². The fourth-order valence-electron chi connectivity index (χ4n) is 4.79. The molecule has 0 N–H and O–H groups in total. The van der Waals surface area contributed by atoms with E-state index in [2.05, 4.69) is 105 Å². The summed E-state index contributed by atoms with van der Waals surface area (Å²) in [4.78, 5) is 0. The van der Waals surface area contributed by atoms with Crippen LogP contribution in [0.25, 0.3) is 0 Å². The van der Waals surface area contributed by atoms with Crippen LogP contribution in [-0.4, -0.2) is 12.8 Å². The molecule has 0 aromatic heterocycles. The molecule has 0 aliphatic carbocycles. The maximum atomic E-state index is 2.60. The summed E-state index contributed by atoms with van der Waals surface area (Å²) in [5.41, 5.74) is 0. The molecule has 30 heavy (non-hydrogen) atoms. The number of hydrogen-bond donors (Lipinski definition) is 0. The van der Waals surface area contributed by atoms with Crippen LogP contribution < -0.4 is 15.9 Å². The molecule has 0 nitrogen and oxygen atoms in total. The van der Waals surface area contributed by atoms with E-state index in [9.17, 15) is 0 Å². The Balaban J connectivity index is 0.00000320. The first-order valence-corrected chi connectivity index (χ1v) is 14.2. The van der Waals surface area contributed by atoms with Crippen LogP contribution in [0.15, 0.2) is 91.0 Å². The molecule has 0 amide bonds. The summed E-state index contributed by atoms with van der Waals surface area (Å²) in [7, 11) is 0. The van der Waals surface area contributed by atoms with Gasteiger partial charge in [0, 0.05) is 0 Å². The fourth-order valence-corrected chi connectivity index (χ4v) is 10.4. The molecule has 0 heterocycles. The molecular weight excluding hydrogens is 447 g/mol. The molecule has 3 rings (SSSR count). The Kier molecular flexibility index (Phi) is 9.79. The zero-order valence-corrected chi connectivity index (χ0v) is 21.3. The first-order valence-electron chi connectivity index (χ1n) is 11.4. The van der Waals surface area contributed by atoms with Crippen molar-refractivity contribution in [2.24, 2.45) is 0 Å². The summed E-state index contributed by atoms with van der Waals surface area (Å²) in [5.74, 6) is 0. The van der Waals surface area contributed by atoms with E-state index in [1.807, 2.05) is 0 Å². The monoisotopic (exact) mass is 484 g/mol. The molecular formula is C28H38BrP. The minimum absolute atomic E-state index is 0. The Bertz CT molecular complexity index is 746. The van der Waals surface area contributed by atoms with E-state index in [0.717, 1.165) is 0 Å². The fraction of sp³-hybridized carbons (Fsp3) is 0.357. The molecule has 0 atom stereocenters. The average Bonchev–Trinajstić information content (AvgIpc) is 2.80. The van der Waals surface area contributed by atoms with Crippen LogP contribution in [0, 0.1) is 0 Å². The van der Waals surface area contributed by atoms with Crippen LogP contribution in [0.4, 0.5) is 0 Å². The summed E-state index contributed by atoms with van der Waals surface area (Å²) in [6.07, 6.45) is 10.7. The summed E-state index contributed by atoms with van der Waals surface area (Å²) >= 11 is 0. The Morgan fingerprint density at radius 3 is 1.20 bits per heavy atom. The van der Waals surface area contributed by atoms with Gasteiger partial charge >= 0.3 is 178 Å². The van der Waals surface area contributed by atoms with Crippen LogP contribution in [-0.2, 0) is 0 Å². The minimum atomic E-state index is -2.51. The van der Waals surface area contributed by atoms with Crippen LogP contribution in [0.3, 0.4) is 0 Å². The van der Waals surface area contributed by atoms with Crippen molar-refractivity contribution in [1.82, 2.24) is 0 Å². The molecule has 0 fully saturated rings. The molecule has 0 aliphatic rings. The molecule has 2 heteroatoms. The third kappa shape index (κ3) is 5.24. The summed E-state index contributed by atoms with van der Waals surface area (Å²) in [5, 5.41) is 4.55. The van der Waals surface area contributed by atoms with Gasteiger partial charge in [-0.15, -0.1) is 17.0 Å². The van der Waals surface area contributed by atoms with Crippen molar-refractivity contribution in [3.05, 3.63) is 91.0 Å². The van der Waals surface area contributed by atoms with Crippen LogP contribution in [0.1, 0.15) is 51.9 Å². The Hall–Kier alpha value is -1.43. The number of halogens is 1. The Morgan fingerprint density at radius 2 is 0.833 bits per heavy atom. The van der Waals surface area contributed by atoms with Gasteiger partial charge in [-0.25, -0.2) is 0 Å². The van der Waals surface area contributed by atoms with Crippen molar-refractivity contribution < 1.29 is 0 Å². The third-order valence-electron chi connectivity index (χ3n) is 6.69. The molecule has 162 valence electrons. The normalized spacial score (nSPS) is 12.5. The van der Waals surface area contributed by atoms with Gasteiger partial charge in [-0.1, -0.05) is 0 Å². The van der Waals surface area contributed by atoms with Crippen molar-refractivity contribution in [1.29, 1.82) is 0 Å². The molecule has 0 saturated heterocycles. The predicted molar refractivity (Wildman–Crippen MR) is 144 cm³/mol. The van der Waals surface area contributed by atoms with Gasteiger partial charge in [-0.3, -0.25) is 0 Å². The second kappa shape index (κ2) is 11.8. The Labute approximate surface area is 194 Å². The van der Waals surface area contributed by atoms with Gasteiger partial charge in [-0.05, 0) is 0 Å². The quantitative estimate of drug-likeness (QED) is 0.195. The second-order valence-corrected chi connectivity index (χ2v) is 14.2. The number of hydrogen-bond acceptors (Lipinski definition) is 0. The van der Waals surface area contributed by atoms with Crippen molar-refractivity contribution in [3.8, 4) is 0 Å². The first-order chi connectivity index (χ1) is 14.2. The third-order valence-corrected chi connectivity index (χ3v) is 13.2. The molecule has 0 radical (unpaired) electrons. The maximum absolute atomic E-state index is 2.60. The summed E-state index contributed by atoms with van der Waals surface area (Å²) < 4.78 is 0. The SMILES string of the molecule is Br.CCCCCCCCCP(C)(c1ccccc1)(c1ccccc1)c1ccccc1. The molecule has 0 saturated carbocycles. The average molecular weight is 485 g/mol. The van der Waals surface area contributed by atoms with E-state index in [1.54, 1.807) is 0 Å². The number of benzene rings is 3. The van der Waals surface area contributed by atoms with E-state index in [0.29, 0.717) is 0 Å². The topological polar surface area (TPSA) is 0 Å². The number of rotatable bonds is 11. The summed E-state index contributed by atoms with van der Waals surface area (Å²) in [6, 6.07) is 34.0. The zero-order chi connectivity index (χ0) is 20.4. The van der Waals surface area contributed by atoms with Crippen LogP contribution in [0.5, 0.6) is 0 Å². The molecule has 0 aliphatic heterocycles. The second-order valence-electron chi connectivity index (χ2n) is 8.65. The van der Waals surface area contributed by atoms with Gasteiger partial charge < -0.3 is 0 Å². The van der Waals surface area contributed by atoms with E-state index >= 15 is 0 Å². The molecule has 0 spiro atoms. The van der Waals surface area contributed by atoms with Gasteiger partial charge in [0.15, 0.2) is 0 Å². The van der Waals surface area contributed by atoms with Crippen molar-refractivity contribution >= 4 is 39.5 Å². The van der Waals surface area contributed by atoms with Crippen molar-refractivity contribution in [2.75, 3.05) is 12.8 Å². The van der Waals surface area contributed by atoms with E-state index in [1.165, 1.54) is 67.0 Å². The first kappa shape index (κ1) is 24.8. The van der Waals surface area contributed by atoms with Crippen LogP contribution in [0.2, 0.25) is 0 Å².